The van der Waals surface area contributed by atoms with Gasteiger partial charge in [0.1, 0.15) is 0 Å². The van der Waals surface area contributed by atoms with E-state index in [1.54, 1.807) is 0 Å². The summed E-state index contributed by atoms with van der Waals surface area (Å²) in [6.07, 6.45) is 28.7. The van der Waals surface area contributed by atoms with Crippen molar-refractivity contribution >= 4 is 5.97 Å². The Kier molecular flexibility index (Phi) is 12.7. The van der Waals surface area contributed by atoms with Crippen molar-refractivity contribution in [2.75, 3.05) is 6.61 Å². The van der Waals surface area contributed by atoms with Gasteiger partial charge in [-0.2, -0.15) is 0 Å². The number of carbonyl (C=O) groups excluding carboxylic acids is 1. The highest BCUT2D eigenvalue weighted by atomic mass is 16.5. The highest BCUT2D eigenvalue weighted by molar-refractivity contribution is 5.74. The molecule has 2 heteroatoms. The summed E-state index contributed by atoms with van der Waals surface area (Å²) >= 11 is 0. The SMILES string of the molecule is CCCCCCCCCCCCCCCCCCOC(=O)C1CC2C=CC1C2. The van der Waals surface area contributed by atoms with Gasteiger partial charge < -0.3 is 4.74 Å². The first kappa shape index (κ1) is 23.5. The summed E-state index contributed by atoms with van der Waals surface area (Å²) in [4.78, 5) is 12.1. The van der Waals surface area contributed by atoms with E-state index in [9.17, 15) is 4.79 Å². The molecule has 2 aliphatic carbocycles. The van der Waals surface area contributed by atoms with Crippen LogP contribution in [-0.4, -0.2) is 12.6 Å². The molecule has 0 aliphatic heterocycles. The van der Waals surface area contributed by atoms with Gasteiger partial charge in [-0.3, -0.25) is 4.79 Å². The van der Waals surface area contributed by atoms with E-state index in [1.165, 1.54) is 103 Å². The lowest BCUT2D eigenvalue weighted by molar-refractivity contribution is -0.149. The van der Waals surface area contributed by atoms with Gasteiger partial charge in [-0.15, -0.1) is 0 Å². The summed E-state index contributed by atoms with van der Waals surface area (Å²) in [5, 5.41) is 0. The molecule has 1 saturated carbocycles. The molecule has 2 rings (SSSR count). The number of hydrogen-bond donors (Lipinski definition) is 0. The second kappa shape index (κ2) is 15.1. The summed E-state index contributed by atoms with van der Waals surface area (Å²) in [6.45, 7) is 2.92. The normalized spacial score (nSPS) is 22.8. The van der Waals surface area contributed by atoms with Crippen LogP contribution in [0.5, 0.6) is 0 Å². The van der Waals surface area contributed by atoms with Crippen molar-refractivity contribution in [3.63, 3.8) is 0 Å². The monoisotopic (exact) mass is 390 g/mol. The lowest BCUT2D eigenvalue weighted by atomic mass is 9.94. The van der Waals surface area contributed by atoms with Crippen LogP contribution in [0.1, 0.15) is 122 Å². The number of allylic oxidation sites excluding steroid dienone is 2. The number of ether oxygens (including phenoxy) is 1. The zero-order chi connectivity index (χ0) is 19.9. The minimum absolute atomic E-state index is 0.0674. The van der Waals surface area contributed by atoms with Crippen molar-refractivity contribution in [2.24, 2.45) is 17.8 Å². The van der Waals surface area contributed by atoms with Crippen molar-refractivity contribution in [1.82, 2.24) is 0 Å². The second-order valence-electron chi connectivity index (χ2n) is 9.36. The van der Waals surface area contributed by atoms with Crippen LogP contribution in [0.15, 0.2) is 12.2 Å². The average molecular weight is 391 g/mol. The fourth-order valence-electron chi connectivity index (χ4n) is 4.98. The van der Waals surface area contributed by atoms with E-state index in [0.29, 0.717) is 18.4 Å². The molecule has 0 spiro atoms. The lowest BCUT2D eigenvalue weighted by Crippen LogP contribution is -2.21. The summed E-state index contributed by atoms with van der Waals surface area (Å²) in [5.74, 6) is 1.36. The van der Waals surface area contributed by atoms with E-state index in [-0.39, 0.29) is 11.9 Å². The molecule has 0 aromatic carbocycles. The molecule has 1 fully saturated rings. The Hall–Kier alpha value is -0.790. The van der Waals surface area contributed by atoms with Crippen LogP contribution in [0.3, 0.4) is 0 Å². The first-order valence-corrected chi connectivity index (χ1v) is 12.7. The summed E-state index contributed by atoms with van der Waals surface area (Å²) in [5.41, 5.74) is 0. The minimum Gasteiger partial charge on any atom is -0.465 e. The van der Waals surface area contributed by atoms with Gasteiger partial charge >= 0.3 is 5.97 Å². The summed E-state index contributed by atoms with van der Waals surface area (Å²) in [6, 6.07) is 0. The van der Waals surface area contributed by atoms with Crippen LogP contribution in [0, 0.1) is 17.8 Å². The molecule has 2 aliphatic rings. The largest absolute Gasteiger partial charge is 0.465 e. The average Bonchev–Trinajstić information content (AvgIpc) is 3.34. The first-order chi connectivity index (χ1) is 13.8. The van der Waals surface area contributed by atoms with Crippen LogP contribution in [0.25, 0.3) is 0 Å². The molecule has 0 N–H and O–H groups in total. The quantitative estimate of drug-likeness (QED) is 0.135. The molecule has 162 valence electrons. The number of unbranched alkanes of at least 4 members (excludes halogenated alkanes) is 15. The molecule has 2 bridgehead atoms. The minimum atomic E-state index is 0.0674. The van der Waals surface area contributed by atoms with E-state index >= 15 is 0 Å². The highest BCUT2D eigenvalue weighted by Crippen LogP contribution is 2.43. The van der Waals surface area contributed by atoms with Gasteiger partial charge in [0.25, 0.3) is 0 Å². The number of esters is 1. The fraction of sp³-hybridized carbons (Fsp3) is 0.885. The molecular formula is C26H46O2. The maximum atomic E-state index is 12.1. The molecule has 28 heavy (non-hydrogen) atoms. The van der Waals surface area contributed by atoms with Gasteiger partial charge in [0.15, 0.2) is 0 Å². The molecule has 3 atom stereocenters. The van der Waals surface area contributed by atoms with Crippen LogP contribution in [0.2, 0.25) is 0 Å². The maximum Gasteiger partial charge on any atom is 0.309 e. The van der Waals surface area contributed by atoms with Crippen molar-refractivity contribution in [3.05, 3.63) is 12.2 Å². The molecule has 0 radical (unpaired) electrons. The van der Waals surface area contributed by atoms with Crippen molar-refractivity contribution in [3.8, 4) is 0 Å². The molecule has 2 nitrogen and oxygen atoms in total. The second-order valence-corrected chi connectivity index (χ2v) is 9.36. The van der Waals surface area contributed by atoms with Crippen molar-refractivity contribution in [2.45, 2.75) is 122 Å². The Balaban J connectivity index is 1.25. The predicted molar refractivity (Wildman–Crippen MR) is 119 cm³/mol. The zero-order valence-corrected chi connectivity index (χ0v) is 18.6. The van der Waals surface area contributed by atoms with Gasteiger partial charge in [0.2, 0.25) is 0 Å². The summed E-state index contributed by atoms with van der Waals surface area (Å²) in [7, 11) is 0. The van der Waals surface area contributed by atoms with Gasteiger partial charge in [0.05, 0.1) is 12.5 Å². The molecule has 0 aromatic heterocycles. The van der Waals surface area contributed by atoms with Gasteiger partial charge in [-0.05, 0) is 31.1 Å². The Morgan fingerprint density at radius 3 is 1.64 bits per heavy atom. The van der Waals surface area contributed by atoms with Crippen LogP contribution < -0.4 is 0 Å². The molecule has 0 aromatic rings. The van der Waals surface area contributed by atoms with E-state index < -0.39 is 0 Å². The Labute approximate surface area is 174 Å². The van der Waals surface area contributed by atoms with E-state index in [4.69, 9.17) is 4.74 Å². The molecule has 3 unspecified atom stereocenters. The molecule has 0 heterocycles. The van der Waals surface area contributed by atoms with Gasteiger partial charge in [0, 0.05) is 0 Å². The number of rotatable bonds is 18. The van der Waals surface area contributed by atoms with Crippen molar-refractivity contribution in [1.29, 1.82) is 0 Å². The summed E-state index contributed by atoms with van der Waals surface area (Å²) < 4.78 is 5.52. The lowest BCUT2D eigenvalue weighted by Gasteiger charge is -2.16. The third-order valence-electron chi connectivity index (χ3n) is 6.82. The zero-order valence-electron chi connectivity index (χ0n) is 18.6. The molecule has 0 saturated heterocycles. The van der Waals surface area contributed by atoms with Crippen molar-refractivity contribution < 1.29 is 9.53 Å². The number of hydrogen-bond acceptors (Lipinski definition) is 2. The van der Waals surface area contributed by atoms with Crippen LogP contribution in [-0.2, 0) is 9.53 Å². The highest BCUT2D eigenvalue weighted by Gasteiger charge is 2.40. The first-order valence-electron chi connectivity index (χ1n) is 12.7. The van der Waals surface area contributed by atoms with E-state index in [0.717, 1.165) is 12.8 Å². The topological polar surface area (TPSA) is 26.3 Å². The van der Waals surface area contributed by atoms with Crippen LogP contribution >= 0.6 is 0 Å². The predicted octanol–water partition coefficient (Wildman–Crippen LogP) is 8.00. The maximum absolute atomic E-state index is 12.1. The van der Waals surface area contributed by atoms with E-state index in [2.05, 4.69) is 19.1 Å². The smallest absolute Gasteiger partial charge is 0.309 e. The fourth-order valence-corrected chi connectivity index (χ4v) is 4.98. The van der Waals surface area contributed by atoms with Gasteiger partial charge in [-0.25, -0.2) is 0 Å². The van der Waals surface area contributed by atoms with E-state index in [1.807, 2.05) is 0 Å². The Morgan fingerprint density at radius 2 is 1.21 bits per heavy atom. The Morgan fingerprint density at radius 1 is 0.714 bits per heavy atom. The number of fused-ring (bicyclic) bond motifs is 2. The molecule has 0 amide bonds. The third-order valence-corrected chi connectivity index (χ3v) is 6.82. The van der Waals surface area contributed by atoms with Gasteiger partial charge in [-0.1, -0.05) is 115 Å². The third kappa shape index (κ3) is 9.61. The Bertz CT molecular complexity index is 428. The standard InChI is InChI=1S/C26H46O2/c1-2-3-4-5-6-7-8-9-10-11-12-13-14-15-16-17-20-28-26(27)25-22-23-18-19-24(25)21-23/h18-19,23-25H,2-17,20-22H2,1H3. The number of carbonyl (C=O) groups is 1. The molecular weight excluding hydrogens is 344 g/mol. The van der Waals surface area contributed by atoms with Crippen LogP contribution in [0.4, 0.5) is 0 Å².